The molecule has 2 aromatic rings. The Morgan fingerprint density at radius 1 is 1.13 bits per heavy atom. The van der Waals surface area contributed by atoms with Crippen LogP contribution < -0.4 is 11.2 Å². The van der Waals surface area contributed by atoms with Crippen molar-refractivity contribution < 1.29 is 23.1 Å². The molecule has 0 unspecified atom stereocenters. The van der Waals surface area contributed by atoms with Crippen LogP contribution in [0.15, 0.2) is 38.8 Å². The second-order valence-corrected chi connectivity index (χ2v) is 9.60. The molecule has 31 heavy (non-hydrogen) atoms. The Morgan fingerprint density at radius 2 is 1.81 bits per heavy atom. The van der Waals surface area contributed by atoms with Gasteiger partial charge in [0, 0.05) is 33.1 Å². The average Bonchev–Trinajstić information content (AvgIpc) is 3.12. The van der Waals surface area contributed by atoms with Gasteiger partial charge in [0.15, 0.2) is 0 Å². The normalized spacial score (nSPS) is 19.5. The molecule has 1 aromatic heterocycles. The number of β-amino-alcohol motifs (C(OH)–C–C–N with tert-alkyl or cyclic N) is 1. The highest BCUT2D eigenvalue weighted by atomic mass is 32.2. The number of ether oxygens (including phenoxy) is 1. The summed E-state index contributed by atoms with van der Waals surface area (Å²) in [6.07, 6.45) is -1.13. The van der Waals surface area contributed by atoms with Crippen molar-refractivity contribution in [1.82, 2.24) is 13.4 Å². The lowest BCUT2D eigenvalue weighted by molar-refractivity contribution is -0.149. The number of hydrogen-bond acceptors (Lipinski definition) is 7. The van der Waals surface area contributed by atoms with Gasteiger partial charge in [-0.05, 0) is 37.1 Å². The topological polar surface area (TPSA) is 128 Å². The van der Waals surface area contributed by atoms with E-state index in [2.05, 4.69) is 0 Å². The summed E-state index contributed by atoms with van der Waals surface area (Å²) in [5.41, 5.74) is 0.754. The molecule has 0 amide bonds. The number of rotatable bonds is 5. The maximum atomic E-state index is 13.1. The molecule has 2 atom stereocenters. The third kappa shape index (κ3) is 4.34. The van der Waals surface area contributed by atoms with Gasteiger partial charge in [-0.2, -0.15) is 4.31 Å². The summed E-state index contributed by atoms with van der Waals surface area (Å²) in [6, 6.07) is 4.61. The van der Waals surface area contributed by atoms with Crippen molar-refractivity contribution in [3.05, 3.63) is 61.9 Å². The summed E-state index contributed by atoms with van der Waals surface area (Å²) in [4.78, 5) is 36.6. The molecule has 1 saturated heterocycles. The van der Waals surface area contributed by atoms with Gasteiger partial charge in [0.2, 0.25) is 10.0 Å². The second-order valence-electron chi connectivity index (χ2n) is 7.71. The molecular formula is C20H25N3O7S. The predicted molar refractivity (Wildman–Crippen MR) is 111 cm³/mol. The molecule has 11 heteroatoms. The van der Waals surface area contributed by atoms with Crippen molar-refractivity contribution in [3.63, 3.8) is 0 Å². The van der Waals surface area contributed by atoms with E-state index in [1.165, 1.54) is 36.9 Å². The highest BCUT2D eigenvalue weighted by Crippen LogP contribution is 2.28. The number of nitrogens with zero attached hydrogens (tertiary/aromatic N) is 3. The number of esters is 1. The molecule has 0 radical (unpaired) electrons. The van der Waals surface area contributed by atoms with Crippen LogP contribution in [0.3, 0.4) is 0 Å². The first-order valence-electron chi connectivity index (χ1n) is 9.63. The number of aliphatic hydroxyl groups is 1. The van der Waals surface area contributed by atoms with Crippen LogP contribution in [0, 0.1) is 13.8 Å². The summed E-state index contributed by atoms with van der Waals surface area (Å²) >= 11 is 0. The predicted octanol–water partition coefficient (Wildman–Crippen LogP) is -0.432. The van der Waals surface area contributed by atoms with Gasteiger partial charge in [0.25, 0.3) is 5.56 Å². The maximum Gasteiger partial charge on any atom is 0.330 e. The minimum Gasteiger partial charge on any atom is -0.458 e. The summed E-state index contributed by atoms with van der Waals surface area (Å²) in [6.45, 7) is 3.02. The Hall–Kier alpha value is -2.76. The van der Waals surface area contributed by atoms with Gasteiger partial charge in [0.05, 0.1) is 16.7 Å². The SMILES string of the molecule is Cc1ccc(S(=O)(=O)N2C[C@@H](O)C[C@H]2C(=O)OCc2cc(=O)n(C)c(=O)n2C)cc1C. The largest absolute Gasteiger partial charge is 0.458 e. The van der Waals surface area contributed by atoms with Crippen molar-refractivity contribution >= 4 is 16.0 Å². The smallest absolute Gasteiger partial charge is 0.330 e. The van der Waals surface area contributed by atoms with E-state index in [0.717, 1.165) is 20.0 Å². The molecule has 1 aliphatic rings. The fraction of sp³-hybridized carbons (Fsp3) is 0.450. The van der Waals surface area contributed by atoms with E-state index in [0.29, 0.717) is 0 Å². The standard InChI is InChI=1S/C20H25N3O7S/c1-12-5-6-16(7-13(12)2)31(28,29)23-10-15(24)9-17(23)19(26)30-11-14-8-18(25)22(4)20(27)21(14)3/h5-8,15,17,24H,9-11H2,1-4H3/t15-,17-/m0/s1. The lowest BCUT2D eigenvalue weighted by Crippen LogP contribution is -2.42. The zero-order valence-electron chi connectivity index (χ0n) is 17.7. The van der Waals surface area contributed by atoms with Crippen LogP contribution in [-0.4, -0.2) is 51.6 Å². The molecule has 0 saturated carbocycles. The maximum absolute atomic E-state index is 13.1. The molecule has 2 heterocycles. The van der Waals surface area contributed by atoms with Crippen molar-refractivity contribution in [2.24, 2.45) is 14.1 Å². The van der Waals surface area contributed by atoms with Crippen molar-refractivity contribution in [2.45, 2.75) is 43.9 Å². The van der Waals surface area contributed by atoms with Gasteiger partial charge in [-0.3, -0.25) is 18.7 Å². The number of aryl methyl sites for hydroxylation is 2. The van der Waals surface area contributed by atoms with Crippen molar-refractivity contribution in [2.75, 3.05) is 6.54 Å². The number of carbonyl (C=O) groups excluding carboxylic acids is 1. The summed E-state index contributed by atoms with van der Waals surface area (Å²) < 4.78 is 34.5. The third-order valence-corrected chi connectivity index (χ3v) is 7.45. The van der Waals surface area contributed by atoms with E-state index < -0.39 is 39.4 Å². The fourth-order valence-electron chi connectivity index (χ4n) is 3.43. The lowest BCUT2D eigenvalue weighted by Gasteiger charge is -2.23. The van der Waals surface area contributed by atoms with E-state index in [4.69, 9.17) is 4.74 Å². The molecule has 1 aliphatic heterocycles. The van der Waals surface area contributed by atoms with Gasteiger partial charge < -0.3 is 9.84 Å². The Kier molecular flexibility index (Phi) is 6.21. The zero-order valence-corrected chi connectivity index (χ0v) is 18.5. The number of carbonyl (C=O) groups is 1. The number of aliphatic hydroxyl groups excluding tert-OH is 1. The van der Waals surface area contributed by atoms with E-state index in [9.17, 15) is 27.9 Å². The molecule has 1 N–H and O–H groups in total. The molecule has 1 aromatic carbocycles. The number of sulfonamides is 1. The quantitative estimate of drug-likeness (QED) is 0.611. The molecule has 1 fully saturated rings. The van der Waals surface area contributed by atoms with Crippen LogP contribution in [0.2, 0.25) is 0 Å². The number of benzene rings is 1. The Morgan fingerprint density at radius 3 is 2.45 bits per heavy atom. The van der Waals surface area contributed by atoms with Crippen LogP contribution >= 0.6 is 0 Å². The van der Waals surface area contributed by atoms with Gasteiger partial charge in [-0.25, -0.2) is 13.2 Å². The summed E-state index contributed by atoms with van der Waals surface area (Å²) in [7, 11) is -1.29. The van der Waals surface area contributed by atoms with Crippen LogP contribution in [-0.2, 0) is 40.3 Å². The Balaban J connectivity index is 1.84. The average molecular weight is 452 g/mol. The molecule has 0 aliphatic carbocycles. The Labute approximate surface area is 179 Å². The third-order valence-electron chi connectivity index (χ3n) is 5.58. The van der Waals surface area contributed by atoms with Gasteiger partial charge in [0.1, 0.15) is 12.6 Å². The zero-order chi connectivity index (χ0) is 23.1. The molecule has 0 spiro atoms. The van der Waals surface area contributed by atoms with E-state index in [1.54, 1.807) is 13.0 Å². The molecule has 168 valence electrons. The van der Waals surface area contributed by atoms with E-state index in [-0.39, 0.29) is 30.2 Å². The molecule has 0 bridgehead atoms. The van der Waals surface area contributed by atoms with Gasteiger partial charge in [-0.1, -0.05) is 6.07 Å². The van der Waals surface area contributed by atoms with Crippen molar-refractivity contribution in [3.8, 4) is 0 Å². The van der Waals surface area contributed by atoms with E-state index >= 15 is 0 Å². The molecule has 3 rings (SSSR count). The van der Waals surface area contributed by atoms with Crippen LogP contribution in [0.25, 0.3) is 0 Å². The van der Waals surface area contributed by atoms with Crippen LogP contribution in [0.5, 0.6) is 0 Å². The van der Waals surface area contributed by atoms with Gasteiger partial charge in [-0.15, -0.1) is 0 Å². The van der Waals surface area contributed by atoms with Crippen molar-refractivity contribution in [1.29, 1.82) is 0 Å². The minimum absolute atomic E-state index is 0.0245. The van der Waals surface area contributed by atoms with E-state index in [1.807, 2.05) is 6.92 Å². The molecule has 10 nitrogen and oxygen atoms in total. The highest BCUT2D eigenvalue weighted by Gasteiger charge is 2.44. The summed E-state index contributed by atoms with van der Waals surface area (Å²) in [5, 5.41) is 10.1. The van der Waals surface area contributed by atoms with Crippen LogP contribution in [0.1, 0.15) is 23.2 Å². The number of aromatic nitrogens is 2. The lowest BCUT2D eigenvalue weighted by atomic mass is 10.1. The number of hydrogen-bond donors (Lipinski definition) is 1. The first-order valence-corrected chi connectivity index (χ1v) is 11.1. The summed E-state index contributed by atoms with van der Waals surface area (Å²) in [5.74, 6) is -0.864. The second kappa shape index (κ2) is 8.40. The molecular weight excluding hydrogens is 426 g/mol. The first kappa shape index (κ1) is 22.9. The van der Waals surface area contributed by atoms with Gasteiger partial charge >= 0.3 is 11.7 Å². The fourth-order valence-corrected chi connectivity index (χ4v) is 5.14. The first-order chi connectivity index (χ1) is 14.4. The highest BCUT2D eigenvalue weighted by molar-refractivity contribution is 7.89. The monoisotopic (exact) mass is 451 g/mol. The van der Waals surface area contributed by atoms with Crippen LogP contribution in [0.4, 0.5) is 0 Å². The Bertz CT molecular complexity index is 1250. The minimum atomic E-state index is -4.05.